The van der Waals surface area contributed by atoms with Crippen LogP contribution in [0.15, 0.2) is 24.3 Å². The van der Waals surface area contributed by atoms with Gasteiger partial charge in [-0.05, 0) is 61.9 Å². The summed E-state index contributed by atoms with van der Waals surface area (Å²) in [5.41, 5.74) is 2.88. The number of anilines is 1. The van der Waals surface area contributed by atoms with E-state index in [1.54, 1.807) is 0 Å². The highest BCUT2D eigenvalue weighted by Gasteiger charge is 2.26. The second-order valence-corrected chi connectivity index (χ2v) is 8.59. The van der Waals surface area contributed by atoms with Crippen LogP contribution in [0.2, 0.25) is 0 Å². The summed E-state index contributed by atoms with van der Waals surface area (Å²) < 4.78 is 0. The minimum absolute atomic E-state index is 0. The van der Waals surface area contributed by atoms with Crippen molar-refractivity contribution in [3.63, 3.8) is 0 Å². The minimum atomic E-state index is 0. The molecule has 1 aromatic carbocycles. The zero-order valence-electron chi connectivity index (χ0n) is 16.4. The zero-order valence-corrected chi connectivity index (χ0v) is 17.2. The SMILES string of the molecule is CC(C)(C)c1ccc(N2CCC(NC(=O)C3CCNCC3)CC2)cc1.Cl. The maximum absolute atomic E-state index is 12.4. The third-order valence-corrected chi connectivity index (χ3v) is 5.65. The van der Waals surface area contributed by atoms with E-state index in [9.17, 15) is 4.79 Å². The van der Waals surface area contributed by atoms with Crippen LogP contribution >= 0.6 is 12.4 Å². The summed E-state index contributed by atoms with van der Waals surface area (Å²) in [6.45, 7) is 10.7. The standard InChI is InChI=1S/C21H33N3O.ClH/c1-21(2,3)17-4-6-19(7-5-17)24-14-10-18(11-15-24)23-20(25)16-8-12-22-13-9-16;/h4-7,16,18,22H,8-15H2,1-3H3,(H,23,25);1H. The maximum atomic E-state index is 12.4. The van der Waals surface area contributed by atoms with Crippen LogP contribution in [0.3, 0.4) is 0 Å². The van der Waals surface area contributed by atoms with Crippen LogP contribution in [-0.4, -0.2) is 38.1 Å². The highest BCUT2D eigenvalue weighted by Crippen LogP contribution is 2.26. The molecule has 0 saturated carbocycles. The van der Waals surface area contributed by atoms with Crippen molar-refractivity contribution in [1.29, 1.82) is 0 Å². The molecule has 0 bridgehead atoms. The summed E-state index contributed by atoms with van der Waals surface area (Å²) in [5.74, 6) is 0.485. The number of piperidine rings is 2. The van der Waals surface area contributed by atoms with Crippen LogP contribution < -0.4 is 15.5 Å². The van der Waals surface area contributed by atoms with Gasteiger partial charge in [-0.25, -0.2) is 0 Å². The van der Waals surface area contributed by atoms with E-state index in [0.29, 0.717) is 6.04 Å². The Bertz CT molecular complexity index is 568. The van der Waals surface area contributed by atoms with Gasteiger partial charge in [0, 0.05) is 30.7 Å². The normalized spacial score (nSPS) is 19.7. The zero-order chi connectivity index (χ0) is 17.9. The summed E-state index contributed by atoms with van der Waals surface area (Å²) in [6.07, 6.45) is 4.03. The number of carbonyl (C=O) groups is 1. The Morgan fingerprint density at radius 1 is 1.04 bits per heavy atom. The van der Waals surface area contributed by atoms with Gasteiger partial charge in [-0.3, -0.25) is 4.79 Å². The average molecular weight is 380 g/mol. The first-order valence-corrected chi connectivity index (χ1v) is 9.80. The quantitative estimate of drug-likeness (QED) is 0.844. The van der Waals surface area contributed by atoms with Crippen molar-refractivity contribution in [2.24, 2.45) is 5.92 Å². The highest BCUT2D eigenvalue weighted by molar-refractivity contribution is 5.85. The van der Waals surface area contributed by atoms with Crippen molar-refractivity contribution in [3.05, 3.63) is 29.8 Å². The molecule has 0 radical (unpaired) electrons. The van der Waals surface area contributed by atoms with Gasteiger partial charge in [0.1, 0.15) is 0 Å². The topological polar surface area (TPSA) is 44.4 Å². The smallest absolute Gasteiger partial charge is 0.223 e. The number of benzene rings is 1. The van der Waals surface area contributed by atoms with Gasteiger partial charge in [-0.1, -0.05) is 32.9 Å². The third kappa shape index (κ3) is 5.37. The second-order valence-electron chi connectivity index (χ2n) is 8.59. The number of hydrogen-bond acceptors (Lipinski definition) is 3. The molecule has 2 aliphatic heterocycles. The molecule has 0 unspecified atom stereocenters. The molecule has 26 heavy (non-hydrogen) atoms. The van der Waals surface area contributed by atoms with Crippen LogP contribution in [0.1, 0.15) is 52.0 Å². The molecule has 3 rings (SSSR count). The lowest BCUT2D eigenvalue weighted by Crippen LogP contribution is -2.47. The molecule has 2 N–H and O–H groups in total. The van der Waals surface area contributed by atoms with E-state index in [2.05, 4.69) is 60.6 Å². The molecule has 4 nitrogen and oxygen atoms in total. The number of nitrogens with zero attached hydrogens (tertiary/aromatic N) is 1. The molecule has 2 heterocycles. The molecule has 0 aromatic heterocycles. The molecule has 1 amide bonds. The van der Waals surface area contributed by atoms with Gasteiger partial charge < -0.3 is 15.5 Å². The van der Waals surface area contributed by atoms with Crippen LogP contribution in [0.4, 0.5) is 5.69 Å². The van der Waals surface area contributed by atoms with Crippen LogP contribution in [0.5, 0.6) is 0 Å². The number of rotatable bonds is 3. The summed E-state index contributed by atoms with van der Waals surface area (Å²) in [4.78, 5) is 14.8. The minimum Gasteiger partial charge on any atom is -0.371 e. The number of nitrogens with one attached hydrogen (secondary N) is 2. The van der Waals surface area contributed by atoms with E-state index in [-0.39, 0.29) is 29.6 Å². The van der Waals surface area contributed by atoms with Crippen molar-refractivity contribution in [3.8, 4) is 0 Å². The van der Waals surface area contributed by atoms with Crippen LogP contribution in [-0.2, 0) is 10.2 Å². The van der Waals surface area contributed by atoms with E-state index in [1.165, 1.54) is 11.3 Å². The van der Waals surface area contributed by atoms with Crippen molar-refractivity contribution in [2.75, 3.05) is 31.1 Å². The van der Waals surface area contributed by atoms with E-state index < -0.39 is 0 Å². The molecule has 2 aliphatic rings. The molecule has 146 valence electrons. The first kappa shape index (κ1) is 21.0. The molecule has 0 spiro atoms. The van der Waals surface area contributed by atoms with Crippen molar-refractivity contribution in [1.82, 2.24) is 10.6 Å². The summed E-state index contributed by atoms with van der Waals surface area (Å²) in [6, 6.07) is 9.33. The summed E-state index contributed by atoms with van der Waals surface area (Å²) in [5, 5.41) is 6.62. The first-order valence-electron chi connectivity index (χ1n) is 9.80. The van der Waals surface area contributed by atoms with Gasteiger partial charge in [0.15, 0.2) is 0 Å². The Balaban J connectivity index is 0.00000243. The van der Waals surface area contributed by atoms with E-state index in [4.69, 9.17) is 0 Å². The Labute approximate surface area is 164 Å². The highest BCUT2D eigenvalue weighted by atomic mass is 35.5. The fourth-order valence-corrected chi connectivity index (χ4v) is 3.86. The predicted octanol–water partition coefficient (Wildman–Crippen LogP) is 3.49. The Hall–Kier alpha value is -1.26. The number of hydrogen-bond donors (Lipinski definition) is 2. The van der Waals surface area contributed by atoms with E-state index in [1.807, 2.05) is 0 Å². The Morgan fingerprint density at radius 3 is 2.15 bits per heavy atom. The fraction of sp³-hybridized carbons (Fsp3) is 0.667. The molecule has 1 aromatic rings. The van der Waals surface area contributed by atoms with Crippen LogP contribution in [0, 0.1) is 5.92 Å². The van der Waals surface area contributed by atoms with Gasteiger partial charge in [-0.2, -0.15) is 0 Å². The van der Waals surface area contributed by atoms with Crippen molar-refractivity contribution >= 4 is 24.0 Å². The lowest BCUT2D eigenvalue weighted by Gasteiger charge is -2.35. The number of halogens is 1. The molecule has 0 atom stereocenters. The second kappa shape index (κ2) is 9.09. The Kier molecular flexibility index (Phi) is 7.36. The summed E-state index contributed by atoms with van der Waals surface area (Å²) in [7, 11) is 0. The molecule has 2 fully saturated rings. The van der Waals surface area contributed by atoms with Crippen molar-refractivity contribution < 1.29 is 4.79 Å². The molecular formula is C21H34ClN3O. The van der Waals surface area contributed by atoms with Gasteiger partial charge in [0.25, 0.3) is 0 Å². The van der Waals surface area contributed by atoms with Crippen LogP contribution in [0.25, 0.3) is 0 Å². The molecular weight excluding hydrogens is 346 g/mol. The maximum Gasteiger partial charge on any atom is 0.223 e. The largest absolute Gasteiger partial charge is 0.371 e. The predicted molar refractivity (Wildman–Crippen MR) is 111 cm³/mol. The Morgan fingerprint density at radius 2 is 1.62 bits per heavy atom. The monoisotopic (exact) mass is 379 g/mol. The average Bonchev–Trinajstić information content (AvgIpc) is 2.62. The van der Waals surface area contributed by atoms with Gasteiger partial charge >= 0.3 is 0 Å². The first-order chi connectivity index (χ1) is 11.9. The van der Waals surface area contributed by atoms with Gasteiger partial charge in [0.05, 0.1) is 0 Å². The van der Waals surface area contributed by atoms with E-state index >= 15 is 0 Å². The molecule has 2 saturated heterocycles. The molecule has 5 heteroatoms. The third-order valence-electron chi connectivity index (χ3n) is 5.65. The lowest BCUT2D eigenvalue weighted by atomic mass is 9.87. The lowest BCUT2D eigenvalue weighted by molar-refractivity contribution is -0.126. The number of carbonyl (C=O) groups excluding carboxylic acids is 1. The van der Waals surface area contributed by atoms with Gasteiger partial charge in [0.2, 0.25) is 5.91 Å². The fourth-order valence-electron chi connectivity index (χ4n) is 3.86. The van der Waals surface area contributed by atoms with Crippen molar-refractivity contribution in [2.45, 2.75) is 57.9 Å². The number of amides is 1. The summed E-state index contributed by atoms with van der Waals surface area (Å²) >= 11 is 0. The van der Waals surface area contributed by atoms with E-state index in [0.717, 1.165) is 51.9 Å². The van der Waals surface area contributed by atoms with Gasteiger partial charge in [-0.15, -0.1) is 12.4 Å². The molecule has 0 aliphatic carbocycles.